The van der Waals surface area contributed by atoms with Crippen molar-refractivity contribution >= 4 is 17.8 Å². The largest absolute Gasteiger partial charge is 0.504 e. The van der Waals surface area contributed by atoms with E-state index in [1.165, 1.54) is 70.3 Å². The normalized spacial score (nSPS) is 12.0. The molecule has 1 aromatic heterocycles. The number of benzene rings is 1. The zero-order valence-electron chi connectivity index (χ0n) is 29.5. The summed E-state index contributed by atoms with van der Waals surface area (Å²) < 4.78 is 5.11. The molecule has 1 aliphatic carbocycles. The molecule has 1 heterocycles. The summed E-state index contributed by atoms with van der Waals surface area (Å²) in [6.45, 7) is 13.6. The predicted octanol–water partition coefficient (Wildman–Crippen LogP) is 4.42. The zero-order valence-corrected chi connectivity index (χ0v) is 29.5. The second kappa shape index (κ2) is 27.4. The first-order valence-corrected chi connectivity index (χ1v) is 17.5. The number of ether oxygens (including phenoxy) is 1. The van der Waals surface area contributed by atoms with Crippen LogP contribution in [-0.4, -0.2) is 91.7 Å². The lowest BCUT2D eigenvalue weighted by Gasteiger charge is -2.25. The second-order valence-corrected chi connectivity index (χ2v) is 11.7. The summed E-state index contributed by atoms with van der Waals surface area (Å²) in [5.41, 5.74) is 9.72. The zero-order chi connectivity index (χ0) is 35.4. The van der Waals surface area contributed by atoms with Crippen LogP contribution in [0, 0.1) is 0 Å². The minimum absolute atomic E-state index is 0.181. The molecule has 0 fully saturated rings. The van der Waals surface area contributed by atoms with Gasteiger partial charge in [-0.2, -0.15) is 0 Å². The molecule has 0 saturated heterocycles. The number of methoxy groups -OCH3 is 1. The Morgan fingerprint density at radius 1 is 0.896 bits per heavy atom. The van der Waals surface area contributed by atoms with E-state index in [9.17, 15) is 14.7 Å². The van der Waals surface area contributed by atoms with Crippen LogP contribution in [0.5, 0.6) is 11.5 Å². The van der Waals surface area contributed by atoms with Gasteiger partial charge >= 0.3 is 11.9 Å². The van der Waals surface area contributed by atoms with Crippen LogP contribution in [0.3, 0.4) is 0 Å². The van der Waals surface area contributed by atoms with E-state index in [1.807, 2.05) is 12.1 Å². The van der Waals surface area contributed by atoms with Gasteiger partial charge in [0.2, 0.25) is 0 Å². The average molecular weight is 675 g/mol. The Morgan fingerprint density at radius 2 is 1.48 bits per heavy atom. The van der Waals surface area contributed by atoms with Gasteiger partial charge in [-0.3, -0.25) is 0 Å². The Labute approximate surface area is 287 Å². The van der Waals surface area contributed by atoms with Gasteiger partial charge in [0.05, 0.1) is 7.11 Å². The number of nitrogens with two attached hydrogens (primary N) is 1. The number of nitrogens with one attached hydrogen (secondary N) is 4. The molecule has 1 aliphatic rings. The Bertz CT molecular complexity index is 1150. The van der Waals surface area contributed by atoms with Crippen LogP contribution < -0.4 is 31.3 Å². The number of nitrogens with zero attached hydrogens (tertiary/aromatic N) is 1. The quantitative estimate of drug-likeness (QED) is 0.0653. The molecule has 12 nitrogen and oxygen atoms in total. The average Bonchev–Trinajstić information content (AvgIpc) is 3.51. The van der Waals surface area contributed by atoms with Crippen LogP contribution in [0.25, 0.3) is 0 Å². The van der Waals surface area contributed by atoms with Crippen LogP contribution in [0.2, 0.25) is 0 Å². The van der Waals surface area contributed by atoms with E-state index in [4.69, 9.17) is 20.7 Å². The number of aromatic amines is 1. The van der Waals surface area contributed by atoms with E-state index in [-0.39, 0.29) is 5.75 Å². The number of aromatic nitrogens is 1. The summed E-state index contributed by atoms with van der Waals surface area (Å²) in [6.07, 6.45) is 15.7. The molecule has 0 amide bonds. The van der Waals surface area contributed by atoms with Crippen molar-refractivity contribution < 1.29 is 29.6 Å². The molecule has 0 atom stereocenters. The van der Waals surface area contributed by atoms with Crippen molar-refractivity contribution in [3.05, 3.63) is 53.2 Å². The van der Waals surface area contributed by atoms with Gasteiger partial charge < -0.3 is 51.6 Å². The molecule has 272 valence electrons. The van der Waals surface area contributed by atoms with Gasteiger partial charge in [0, 0.05) is 38.0 Å². The maximum absolute atomic E-state index is 9.56. The van der Waals surface area contributed by atoms with Crippen molar-refractivity contribution in [2.24, 2.45) is 5.73 Å². The molecule has 9 N–H and O–H groups in total. The number of hydrogen-bond acceptors (Lipinski definition) is 9. The van der Waals surface area contributed by atoms with E-state index < -0.39 is 11.9 Å². The summed E-state index contributed by atoms with van der Waals surface area (Å²) in [5, 5.41) is 35.4. The van der Waals surface area contributed by atoms with Crippen LogP contribution in [0.4, 0.5) is 5.82 Å². The number of anilines is 1. The fraction of sp³-hybridized carbons (Fsp3) is 0.611. The summed E-state index contributed by atoms with van der Waals surface area (Å²) in [5.74, 6) is -0.397. The third-order valence-corrected chi connectivity index (χ3v) is 7.65. The topological polar surface area (TPSA) is 185 Å². The van der Waals surface area contributed by atoms with E-state index >= 15 is 0 Å². The summed E-state index contributed by atoms with van der Waals surface area (Å²) in [6, 6.07) is 5.44. The molecule has 2 aromatic rings. The number of phenols is 1. The molecular formula is C36H62N6O6. The SMILES string of the molecule is CCCN(CCC)c1[nH]cc2c1CCCC2.COc1cc(CNCCCNCCCCNCCCN)ccc1O.O=C(O)/C=C\C(=O)O. The highest BCUT2D eigenvalue weighted by Crippen LogP contribution is 2.30. The van der Waals surface area contributed by atoms with Gasteiger partial charge in [-0.1, -0.05) is 19.9 Å². The third kappa shape index (κ3) is 19.3. The van der Waals surface area contributed by atoms with Crippen molar-refractivity contribution in [2.45, 2.75) is 84.6 Å². The number of aromatic hydroxyl groups is 1. The number of aliphatic carboxylic acids is 2. The molecule has 0 radical (unpaired) electrons. The molecule has 3 rings (SSSR count). The van der Waals surface area contributed by atoms with Crippen LogP contribution >= 0.6 is 0 Å². The smallest absolute Gasteiger partial charge is 0.328 e. The first kappa shape index (κ1) is 42.4. The number of carbonyl (C=O) groups is 2. The van der Waals surface area contributed by atoms with Crippen molar-refractivity contribution in [1.29, 1.82) is 0 Å². The standard InChI is InChI=1S/C18H34N4O2.C14H24N2.C4H4O4/c1-24-18-14-16(6-7-17(18)23)15-22-13-5-12-21-10-3-2-9-20-11-4-8-19;1-3-9-16(10-4-2)14-13-8-6-5-7-12(13)11-15-14;5-3(6)1-2-4(7)8/h6-7,14,20-23H,2-5,8-13,15,19H2,1H3;11,15H,3-10H2,1-2H3;1-2H,(H,5,6)(H,7,8)/b;;2-1-. The minimum atomic E-state index is -1.26. The van der Waals surface area contributed by atoms with Crippen LogP contribution in [0.1, 0.15) is 81.9 Å². The first-order chi connectivity index (χ1) is 23.3. The van der Waals surface area contributed by atoms with Crippen LogP contribution in [0.15, 0.2) is 36.5 Å². The Kier molecular flexibility index (Phi) is 24.2. The predicted molar refractivity (Wildman–Crippen MR) is 194 cm³/mol. The molecule has 0 aliphatic heterocycles. The summed E-state index contributed by atoms with van der Waals surface area (Å²) in [4.78, 5) is 25.2. The minimum Gasteiger partial charge on any atom is -0.504 e. The summed E-state index contributed by atoms with van der Waals surface area (Å²) in [7, 11) is 1.56. The molecule has 1 aromatic carbocycles. The molecular weight excluding hydrogens is 612 g/mol. The van der Waals surface area contributed by atoms with Crippen molar-refractivity contribution in [3.63, 3.8) is 0 Å². The van der Waals surface area contributed by atoms with Crippen molar-refractivity contribution in [2.75, 3.05) is 64.4 Å². The summed E-state index contributed by atoms with van der Waals surface area (Å²) >= 11 is 0. The molecule has 0 unspecified atom stereocenters. The van der Waals surface area contributed by atoms with Crippen molar-refractivity contribution in [3.8, 4) is 11.5 Å². The van der Waals surface area contributed by atoms with Crippen LogP contribution in [-0.2, 0) is 29.0 Å². The monoisotopic (exact) mass is 674 g/mol. The fourth-order valence-electron chi connectivity index (χ4n) is 5.28. The Balaban J connectivity index is 0.000000409. The highest BCUT2D eigenvalue weighted by molar-refractivity contribution is 5.89. The van der Waals surface area contributed by atoms with E-state index in [1.54, 1.807) is 24.3 Å². The second-order valence-electron chi connectivity index (χ2n) is 11.7. The fourth-order valence-corrected chi connectivity index (χ4v) is 5.28. The molecule has 0 saturated carbocycles. The number of rotatable bonds is 22. The van der Waals surface area contributed by atoms with Gasteiger partial charge in [0.25, 0.3) is 0 Å². The highest BCUT2D eigenvalue weighted by atomic mass is 16.5. The highest BCUT2D eigenvalue weighted by Gasteiger charge is 2.18. The molecule has 0 spiro atoms. The van der Waals surface area contributed by atoms with E-state index in [0.717, 1.165) is 64.2 Å². The lowest BCUT2D eigenvalue weighted by Crippen LogP contribution is -2.26. The molecule has 12 heteroatoms. The molecule has 48 heavy (non-hydrogen) atoms. The molecule has 0 bridgehead atoms. The maximum Gasteiger partial charge on any atom is 0.328 e. The number of unbranched alkanes of at least 4 members (excludes halogenated alkanes) is 1. The van der Waals surface area contributed by atoms with Gasteiger partial charge in [-0.25, -0.2) is 9.59 Å². The number of fused-ring (bicyclic) bond motifs is 1. The maximum atomic E-state index is 9.56. The Hall–Kier alpha value is -3.58. The number of aryl methyl sites for hydroxylation is 1. The van der Waals surface area contributed by atoms with E-state index in [0.29, 0.717) is 17.9 Å². The van der Waals surface area contributed by atoms with E-state index in [2.05, 4.69) is 45.9 Å². The number of carboxylic acid groups (broad SMARTS) is 2. The lowest BCUT2D eigenvalue weighted by atomic mass is 9.95. The van der Waals surface area contributed by atoms with Gasteiger partial charge in [-0.05, 0) is 132 Å². The number of phenolic OH excluding ortho intramolecular Hbond substituents is 1. The van der Waals surface area contributed by atoms with Gasteiger partial charge in [0.15, 0.2) is 11.5 Å². The lowest BCUT2D eigenvalue weighted by molar-refractivity contribution is -0.134. The number of carboxylic acids is 2. The first-order valence-electron chi connectivity index (χ1n) is 17.5. The number of hydrogen-bond donors (Lipinski definition) is 8. The Morgan fingerprint density at radius 3 is 2.06 bits per heavy atom. The third-order valence-electron chi connectivity index (χ3n) is 7.65. The van der Waals surface area contributed by atoms with Gasteiger partial charge in [-0.15, -0.1) is 0 Å². The number of H-pyrrole nitrogens is 1. The van der Waals surface area contributed by atoms with Crippen molar-refractivity contribution in [1.82, 2.24) is 20.9 Å². The van der Waals surface area contributed by atoms with Gasteiger partial charge in [0.1, 0.15) is 5.82 Å².